The molecule has 0 aliphatic heterocycles. The van der Waals surface area contributed by atoms with Gasteiger partial charge in [0.25, 0.3) is 5.91 Å². The Labute approximate surface area is 131 Å². The van der Waals surface area contributed by atoms with Crippen LogP contribution in [-0.2, 0) is 6.42 Å². The van der Waals surface area contributed by atoms with Crippen molar-refractivity contribution < 1.29 is 4.79 Å². The summed E-state index contributed by atoms with van der Waals surface area (Å²) >= 11 is 5.72. The van der Waals surface area contributed by atoms with Crippen molar-refractivity contribution in [3.05, 3.63) is 64.2 Å². The highest BCUT2D eigenvalue weighted by Gasteiger charge is 2.12. The van der Waals surface area contributed by atoms with Crippen LogP contribution in [0.2, 0.25) is 0 Å². The van der Waals surface area contributed by atoms with Crippen LogP contribution in [-0.4, -0.2) is 11.8 Å². The van der Waals surface area contributed by atoms with Gasteiger partial charge in [0.05, 0.1) is 0 Å². The van der Waals surface area contributed by atoms with Crippen molar-refractivity contribution in [2.45, 2.75) is 27.2 Å². The summed E-state index contributed by atoms with van der Waals surface area (Å²) in [6.45, 7) is 5.98. The van der Waals surface area contributed by atoms with Gasteiger partial charge in [-0.25, -0.2) is 0 Å². The molecule has 0 aliphatic rings. The zero-order valence-corrected chi connectivity index (χ0v) is 13.4. The molecule has 0 saturated carbocycles. The maximum absolute atomic E-state index is 12.4. The lowest BCUT2D eigenvalue weighted by atomic mass is 9.99. The minimum atomic E-state index is -0.0601. The largest absolute Gasteiger partial charge is 0.322 e. The van der Waals surface area contributed by atoms with Crippen LogP contribution in [0.3, 0.4) is 0 Å². The summed E-state index contributed by atoms with van der Waals surface area (Å²) in [4.78, 5) is 12.4. The third-order valence-corrected chi connectivity index (χ3v) is 3.69. The van der Waals surface area contributed by atoms with E-state index < -0.39 is 0 Å². The average molecular weight is 302 g/mol. The summed E-state index contributed by atoms with van der Waals surface area (Å²) in [5, 5.41) is 2.96. The highest BCUT2D eigenvalue weighted by atomic mass is 35.5. The number of anilines is 1. The number of hydrogen-bond donors (Lipinski definition) is 1. The van der Waals surface area contributed by atoms with Crippen molar-refractivity contribution in [1.82, 2.24) is 0 Å². The van der Waals surface area contributed by atoms with Crippen molar-refractivity contribution >= 4 is 23.2 Å². The number of rotatable bonds is 4. The highest BCUT2D eigenvalue weighted by molar-refractivity contribution is 6.18. The number of benzene rings is 2. The first kappa shape index (κ1) is 15.6. The van der Waals surface area contributed by atoms with Crippen molar-refractivity contribution in [3.63, 3.8) is 0 Å². The molecular formula is C18H20ClNO. The standard InChI is InChI=1S/C18H20ClNO/c1-12-10-13(2)17(14(3)11-12)18(21)20-16-6-4-15(5-7-16)8-9-19/h4-7,10-11H,8-9H2,1-3H3,(H,20,21). The van der Waals surface area contributed by atoms with E-state index in [2.05, 4.69) is 5.32 Å². The molecule has 0 bridgehead atoms. The van der Waals surface area contributed by atoms with Gasteiger partial charge in [0, 0.05) is 17.1 Å². The first-order valence-corrected chi connectivity index (χ1v) is 7.59. The molecule has 2 rings (SSSR count). The van der Waals surface area contributed by atoms with Gasteiger partial charge in [-0.2, -0.15) is 0 Å². The fourth-order valence-electron chi connectivity index (χ4n) is 2.60. The second-order valence-electron chi connectivity index (χ2n) is 5.36. The maximum atomic E-state index is 12.4. The number of aryl methyl sites for hydroxylation is 4. The summed E-state index contributed by atoms with van der Waals surface area (Å²) in [5.74, 6) is 0.545. The highest BCUT2D eigenvalue weighted by Crippen LogP contribution is 2.19. The predicted octanol–water partition coefficient (Wildman–Crippen LogP) is 4.65. The molecular weight excluding hydrogens is 282 g/mol. The number of halogens is 1. The summed E-state index contributed by atoms with van der Waals surface area (Å²) in [5.41, 5.74) is 5.91. The van der Waals surface area contributed by atoms with Crippen LogP contribution in [0.1, 0.15) is 32.6 Å². The fraction of sp³-hybridized carbons (Fsp3) is 0.278. The molecule has 2 nitrogen and oxygen atoms in total. The topological polar surface area (TPSA) is 29.1 Å². The Morgan fingerprint density at radius 3 is 2.14 bits per heavy atom. The molecule has 2 aromatic carbocycles. The first-order chi connectivity index (χ1) is 10.0. The van der Waals surface area contributed by atoms with Crippen LogP contribution in [0.4, 0.5) is 5.69 Å². The molecule has 1 amide bonds. The quantitative estimate of drug-likeness (QED) is 0.819. The monoisotopic (exact) mass is 301 g/mol. The zero-order valence-electron chi connectivity index (χ0n) is 12.7. The van der Waals surface area contributed by atoms with Crippen LogP contribution < -0.4 is 5.32 Å². The third-order valence-electron chi connectivity index (χ3n) is 3.50. The van der Waals surface area contributed by atoms with Crippen LogP contribution >= 0.6 is 11.6 Å². The van der Waals surface area contributed by atoms with Gasteiger partial charge in [-0.15, -0.1) is 11.6 Å². The average Bonchev–Trinajstić information content (AvgIpc) is 2.40. The molecule has 0 aromatic heterocycles. The van der Waals surface area contributed by atoms with Gasteiger partial charge in [0.15, 0.2) is 0 Å². The molecule has 110 valence electrons. The molecule has 0 spiro atoms. The third kappa shape index (κ3) is 3.85. The molecule has 0 fully saturated rings. The van der Waals surface area contributed by atoms with E-state index in [1.165, 1.54) is 11.1 Å². The Bertz CT molecular complexity index is 624. The lowest BCUT2D eigenvalue weighted by Crippen LogP contribution is -2.15. The van der Waals surface area contributed by atoms with E-state index in [9.17, 15) is 4.79 Å². The van der Waals surface area contributed by atoms with Crippen molar-refractivity contribution in [2.75, 3.05) is 11.2 Å². The Morgan fingerprint density at radius 2 is 1.62 bits per heavy atom. The predicted molar refractivity (Wildman–Crippen MR) is 89.5 cm³/mol. The summed E-state index contributed by atoms with van der Waals surface area (Å²) in [6.07, 6.45) is 0.839. The molecule has 0 unspecified atom stereocenters. The van der Waals surface area contributed by atoms with Crippen LogP contribution in [0, 0.1) is 20.8 Å². The van der Waals surface area contributed by atoms with Crippen molar-refractivity contribution in [2.24, 2.45) is 0 Å². The van der Waals surface area contributed by atoms with Gasteiger partial charge in [0.2, 0.25) is 0 Å². The Morgan fingerprint density at radius 1 is 1.05 bits per heavy atom. The molecule has 1 N–H and O–H groups in total. The van der Waals surface area contributed by atoms with Gasteiger partial charge in [-0.3, -0.25) is 4.79 Å². The second kappa shape index (κ2) is 6.77. The molecule has 0 saturated heterocycles. The molecule has 0 atom stereocenters. The SMILES string of the molecule is Cc1cc(C)c(C(=O)Nc2ccc(CCCl)cc2)c(C)c1. The van der Waals surface area contributed by atoms with E-state index in [1.807, 2.05) is 57.2 Å². The molecule has 3 heteroatoms. The van der Waals surface area contributed by atoms with Crippen LogP contribution in [0.15, 0.2) is 36.4 Å². The number of carbonyl (C=O) groups is 1. The number of alkyl halides is 1. The van der Waals surface area contributed by atoms with Gasteiger partial charge in [-0.1, -0.05) is 29.8 Å². The number of amides is 1. The Balaban J connectivity index is 2.18. The van der Waals surface area contributed by atoms with Crippen LogP contribution in [0.5, 0.6) is 0 Å². The fourth-order valence-corrected chi connectivity index (χ4v) is 2.81. The zero-order chi connectivity index (χ0) is 15.4. The van der Waals surface area contributed by atoms with E-state index in [0.717, 1.165) is 28.8 Å². The van der Waals surface area contributed by atoms with Gasteiger partial charge >= 0.3 is 0 Å². The molecule has 0 heterocycles. The van der Waals surface area contributed by atoms with Gasteiger partial charge in [0.1, 0.15) is 0 Å². The second-order valence-corrected chi connectivity index (χ2v) is 5.74. The lowest BCUT2D eigenvalue weighted by Gasteiger charge is -2.12. The van der Waals surface area contributed by atoms with Crippen molar-refractivity contribution in [3.8, 4) is 0 Å². The summed E-state index contributed by atoms with van der Waals surface area (Å²) in [7, 11) is 0. The first-order valence-electron chi connectivity index (χ1n) is 7.05. The Kier molecular flexibility index (Phi) is 5.03. The van der Waals surface area contributed by atoms with E-state index in [-0.39, 0.29) is 5.91 Å². The lowest BCUT2D eigenvalue weighted by molar-refractivity contribution is 0.102. The molecule has 0 aliphatic carbocycles. The summed E-state index contributed by atoms with van der Waals surface area (Å²) < 4.78 is 0. The molecule has 21 heavy (non-hydrogen) atoms. The molecule has 2 aromatic rings. The van der Waals surface area contributed by atoms with E-state index >= 15 is 0 Å². The minimum absolute atomic E-state index is 0.0601. The minimum Gasteiger partial charge on any atom is -0.322 e. The molecule has 0 radical (unpaired) electrons. The summed E-state index contributed by atoms with van der Waals surface area (Å²) in [6, 6.07) is 11.9. The maximum Gasteiger partial charge on any atom is 0.256 e. The van der Waals surface area contributed by atoms with E-state index in [4.69, 9.17) is 11.6 Å². The van der Waals surface area contributed by atoms with Gasteiger partial charge < -0.3 is 5.32 Å². The number of hydrogen-bond acceptors (Lipinski definition) is 1. The van der Waals surface area contributed by atoms with Crippen molar-refractivity contribution in [1.29, 1.82) is 0 Å². The van der Waals surface area contributed by atoms with E-state index in [0.29, 0.717) is 5.88 Å². The normalized spacial score (nSPS) is 10.5. The number of carbonyl (C=O) groups excluding carboxylic acids is 1. The van der Waals surface area contributed by atoms with Gasteiger partial charge in [-0.05, 0) is 56.0 Å². The van der Waals surface area contributed by atoms with Crippen LogP contribution in [0.25, 0.3) is 0 Å². The number of nitrogens with one attached hydrogen (secondary N) is 1. The smallest absolute Gasteiger partial charge is 0.256 e. The Hall–Kier alpha value is -1.80. The van der Waals surface area contributed by atoms with E-state index in [1.54, 1.807) is 0 Å².